The van der Waals surface area contributed by atoms with Crippen LogP contribution in [0.2, 0.25) is 0 Å². The lowest BCUT2D eigenvalue weighted by molar-refractivity contribution is 0.114. The van der Waals surface area contributed by atoms with E-state index in [1.807, 2.05) is 0 Å². The molecular formula is C24H51O3P. The van der Waals surface area contributed by atoms with Crippen molar-refractivity contribution in [3.05, 3.63) is 0 Å². The second-order valence-electron chi connectivity index (χ2n) is 8.74. The van der Waals surface area contributed by atoms with Crippen molar-refractivity contribution in [2.75, 3.05) is 6.16 Å². The zero-order chi connectivity index (χ0) is 21.3. The molecule has 0 aromatic carbocycles. The molecule has 0 heterocycles. The first-order valence-electron chi connectivity index (χ1n) is 12.4. The molecule has 0 aromatic heterocycles. The first-order valence-corrected chi connectivity index (χ1v) is 14.1. The third-order valence-electron chi connectivity index (χ3n) is 5.63. The summed E-state index contributed by atoms with van der Waals surface area (Å²) in [5.74, 6) is 0.436. The van der Waals surface area contributed by atoms with E-state index in [0.717, 1.165) is 38.5 Å². The molecular weight excluding hydrogens is 367 g/mol. The Hall–Kier alpha value is 0.150. The molecule has 3 atom stereocenters. The Bertz CT molecular complexity index is 362. The van der Waals surface area contributed by atoms with Crippen LogP contribution in [0.3, 0.4) is 0 Å². The summed E-state index contributed by atoms with van der Waals surface area (Å²) in [4.78, 5) is 0. The average Bonchev–Trinajstić information content (AvgIpc) is 2.65. The summed E-state index contributed by atoms with van der Waals surface area (Å²) in [6, 6.07) is 0. The van der Waals surface area contributed by atoms with Gasteiger partial charge in [0, 0.05) is 0 Å². The third-order valence-corrected chi connectivity index (χ3v) is 7.96. The van der Waals surface area contributed by atoms with Crippen LogP contribution in [0, 0.1) is 5.92 Å². The van der Waals surface area contributed by atoms with Crippen LogP contribution in [0.15, 0.2) is 0 Å². The van der Waals surface area contributed by atoms with Gasteiger partial charge in [-0.15, -0.1) is 0 Å². The van der Waals surface area contributed by atoms with Gasteiger partial charge >= 0.3 is 7.60 Å². The van der Waals surface area contributed by atoms with Gasteiger partial charge < -0.3 is 9.05 Å². The van der Waals surface area contributed by atoms with E-state index in [0.29, 0.717) is 12.1 Å². The molecule has 0 aliphatic carbocycles. The maximum absolute atomic E-state index is 13.7. The predicted octanol–water partition coefficient (Wildman–Crippen LogP) is 9.15. The normalized spacial score (nSPS) is 17.2. The zero-order valence-electron chi connectivity index (χ0n) is 20.0. The van der Waals surface area contributed by atoms with E-state index in [1.165, 1.54) is 51.4 Å². The van der Waals surface area contributed by atoms with Crippen molar-refractivity contribution in [1.82, 2.24) is 0 Å². The highest BCUT2D eigenvalue weighted by Crippen LogP contribution is 2.53. The highest BCUT2D eigenvalue weighted by atomic mass is 31.2. The first kappa shape index (κ1) is 28.1. The summed E-state index contributed by atoms with van der Waals surface area (Å²) in [5.41, 5.74) is 0. The molecule has 28 heavy (non-hydrogen) atoms. The smallest absolute Gasteiger partial charge is 0.306 e. The lowest BCUT2D eigenvalue weighted by atomic mass is 10.0. The van der Waals surface area contributed by atoms with Crippen LogP contribution in [-0.4, -0.2) is 18.4 Å². The first-order chi connectivity index (χ1) is 13.4. The summed E-state index contributed by atoms with van der Waals surface area (Å²) in [6.07, 6.45) is 16.9. The van der Waals surface area contributed by atoms with Gasteiger partial charge in [-0.25, -0.2) is 0 Å². The molecule has 0 spiro atoms. The van der Waals surface area contributed by atoms with Crippen molar-refractivity contribution in [3.8, 4) is 0 Å². The summed E-state index contributed by atoms with van der Waals surface area (Å²) in [5, 5.41) is 0. The van der Waals surface area contributed by atoms with E-state index in [-0.39, 0.29) is 12.2 Å². The maximum atomic E-state index is 13.7. The van der Waals surface area contributed by atoms with Crippen molar-refractivity contribution >= 4 is 7.60 Å². The van der Waals surface area contributed by atoms with E-state index in [1.54, 1.807) is 0 Å². The fraction of sp³-hybridized carbons (Fsp3) is 1.00. The highest BCUT2D eigenvalue weighted by molar-refractivity contribution is 7.53. The van der Waals surface area contributed by atoms with Crippen LogP contribution in [0.4, 0.5) is 0 Å². The minimum absolute atomic E-state index is 0.0127. The Kier molecular flexibility index (Phi) is 18.1. The molecule has 0 aliphatic heterocycles. The van der Waals surface area contributed by atoms with Crippen LogP contribution < -0.4 is 0 Å². The molecule has 3 unspecified atom stereocenters. The van der Waals surface area contributed by atoms with E-state index in [2.05, 4.69) is 41.5 Å². The molecule has 0 rings (SSSR count). The minimum atomic E-state index is -3.06. The Morgan fingerprint density at radius 1 is 0.643 bits per heavy atom. The molecule has 0 bridgehead atoms. The molecule has 3 nitrogen and oxygen atoms in total. The maximum Gasteiger partial charge on any atom is 0.331 e. The van der Waals surface area contributed by atoms with Crippen LogP contribution in [0.25, 0.3) is 0 Å². The summed E-state index contributed by atoms with van der Waals surface area (Å²) in [6.45, 7) is 13.0. The van der Waals surface area contributed by atoms with Gasteiger partial charge in [0.05, 0.1) is 18.4 Å². The van der Waals surface area contributed by atoms with E-state index >= 15 is 0 Å². The van der Waals surface area contributed by atoms with Crippen LogP contribution in [-0.2, 0) is 13.6 Å². The third kappa shape index (κ3) is 15.1. The molecule has 170 valence electrons. The van der Waals surface area contributed by atoms with Crippen molar-refractivity contribution in [2.24, 2.45) is 5.92 Å². The summed E-state index contributed by atoms with van der Waals surface area (Å²) in [7, 11) is -3.06. The highest BCUT2D eigenvalue weighted by Gasteiger charge is 2.32. The molecule has 0 fully saturated rings. The molecule has 0 aliphatic rings. The standard InChI is InChI=1S/C24H51O3P/c1-7-11-14-16-18-22(5)26-28(25,21-24(10-4)20-13-9-3)27-23(6)19-17-15-12-8-2/h22-24H,7-21H2,1-6H3. The van der Waals surface area contributed by atoms with Crippen molar-refractivity contribution < 1.29 is 13.6 Å². The topological polar surface area (TPSA) is 35.5 Å². The summed E-state index contributed by atoms with van der Waals surface area (Å²) >= 11 is 0. The average molecular weight is 419 g/mol. The molecule has 0 saturated heterocycles. The van der Waals surface area contributed by atoms with Gasteiger partial charge in [-0.1, -0.05) is 98.3 Å². The van der Waals surface area contributed by atoms with Gasteiger partial charge in [0.1, 0.15) is 0 Å². The Morgan fingerprint density at radius 2 is 1.11 bits per heavy atom. The zero-order valence-corrected chi connectivity index (χ0v) is 20.9. The van der Waals surface area contributed by atoms with Crippen LogP contribution in [0.5, 0.6) is 0 Å². The summed E-state index contributed by atoms with van der Waals surface area (Å²) < 4.78 is 26.0. The SMILES string of the molecule is CCCCCCC(C)OP(=O)(CC(CC)CCCC)OC(C)CCCCCC. The Morgan fingerprint density at radius 3 is 1.50 bits per heavy atom. The van der Waals surface area contributed by atoms with Gasteiger partial charge in [0.2, 0.25) is 0 Å². The lowest BCUT2D eigenvalue weighted by Crippen LogP contribution is -2.18. The van der Waals surface area contributed by atoms with Gasteiger partial charge in [0.15, 0.2) is 0 Å². The minimum Gasteiger partial charge on any atom is -0.306 e. The van der Waals surface area contributed by atoms with E-state index in [9.17, 15) is 4.57 Å². The Labute approximate surface area is 177 Å². The van der Waals surface area contributed by atoms with Gasteiger partial charge in [-0.3, -0.25) is 4.57 Å². The van der Waals surface area contributed by atoms with Crippen LogP contribution in [0.1, 0.15) is 131 Å². The number of hydrogen-bond donors (Lipinski definition) is 0. The fourth-order valence-electron chi connectivity index (χ4n) is 3.72. The van der Waals surface area contributed by atoms with Gasteiger partial charge in [-0.05, 0) is 39.0 Å². The predicted molar refractivity (Wildman–Crippen MR) is 124 cm³/mol. The number of unbranched alkanes of at least 4 members (excludes halogenated alkanes) is 7. The molecule has 0 aromatic rings. The largest absolute Gasteiger partial charge is 0.331 e. The van der Waals surface area contributed by atoms with E-state index < -0.39 is 7.60 Å². The van der Waals surface area contributed by atoms with Gasteiger partial charge in [-0.2, -0.15) is 0 Å². The van der Waals surface area contributed by atoms with Crippen molar-refractivity contribution in [1.29, 1.82) is 0 Å². The molecule has 0 amide bonds. The number of hydrogen-bond acceptors (Lipinski definition) is 3. The number of rotatable bonds is 20. The van der Waals surface area contributed by atoms with E-state index in [4.69, 9.17) is 9.05 Å². The fourth-order valence-corrected chi connectivity index (χ4v) is 6.32. The molecule has 0 saturated carbocycles. The second-order valence-corrected chi connectivity index (χ2v) is 10.7. The van der Waals surface area contributed by atoms with Crippen LogP contribution >= 0.6 is 7.60 Å². The van der Waals surface area contributed by atoms with Crippen molar-refractivity contribution in [3.63, 3.8) is 0 Å². The quantitative estimate of drug-likeness (QED) is 0.146. The van der Waals surface area contributed by atoms with Crippen molar-refractivity contribution in [2.45, 2.75) is 144 Å². The molecule has 0 N–H and O–H groups in total. The molecule has 0 radical (unpaired) electrons. The second kappa shape index (κ2) is 18.0. The van der Waals surface area contributed by atoms with Gasteiger partial charge in [0.25, 0.3) is 0 Å². The lowest BCUT2D eigenvalue weighted by Gasteiger charge is -2.28. The monoisotopic (exact) mass is 418 g/mol. The Balaban J connectivity index is 4.80. The molecule has 4 heteroatoms.